The van der Waals surface area contributed by atoms with E-state index in [0.29, 0.717) is 11.8 Å². The Morgan fingerprint density at radius 2 is 2.15 bits per heavy atom. The topological polar surface area (TPSA) is 39.2 Å². The maximum Gasteiger partial charge on any atom is 0.127 e. The van der Waals surface area contributed by atoms with Crippen LogP contribution in [-0.2, 0) is 5.54 Å². The van der Waals surface area contributed by atoms with Gasteiger partial charge in [0.1, 0.15) is 5.76 Å². The van der Waals surface area contributed by atoms with Gasteiger partial charge in [-0.1, -0.05) is 6.42 Å². The van der Waals surface area contributed by atoms with Gasteiger partial charge in [-0.25, -0.2) is 0 Å². The maximum atomic E-state index is 6.37. The van der Waals surface area contributed by atoms with E-state index >= 15 is 0 Å². The fourth-order valence-corrected chi connectivity index (χ4v) is 3.15. The summed E-state index contributed by atoms with van der Waals surface area (Å²) in [4.78, 5) is 0. The van der Waals surface area contributed by atoms with Gasteiger partial charge in [0.05, 0.1) is 11.8 Å². The molecule has 1 heterocycles. The van der Waals surface area contributed by atoms with Gasteiger partial charge in [0.15, 0.2) is 0 Å². The molecule has 0 saturated heterocycles. The molecule has 3 rings (SSSR count). The van der Waals surface area contributed by atoms with Crippen LogP contribution in [0.25, 0.3) is 0 Å². The number of rotatable bonds is 1. The van der Waals surface area contributed by atoms with Crippen molar-refractivity contribution in [1.29, 1.82) is 0 Å². The molecule has 2 nitrogen and oxygen atoms in total. The smallest absolute Gasteiger partial charge is 0.127 e. The highest BCUT2D eigenvalue weighted by Gasteiger charge is 2.66. The van der Waals surface area contributed by atoms with E-state index in [9.17, 15) is 0 Å². The molecular formula is C11H15NO. The van der Waals surface area contributed by atoms with Crippen molar-refractivity contribution in [2.75, 3.05) is 0 Å². The molecule has 0 spiro atoms. The summed E-state index contributed by atoms with van der Waals surface area (Å²) in [6.07, 6.45) is 5.70. The van der Waals surface area contributed by atoms with Crippen LogP contribution in [0.15, 0.2) is 16.7 Å². The molecule has 2 fully saturated rings. The van der Waals surface area contributed by atoms with Gasteiger partial charge < -0.3 is 10.2 Å². The van der Waals surface area contributed by atoms with Gasteiger partial charge in [-0.05, 0) is 43.2 Å². The Morgan fingerprint density at radius 3 is 2.69 bits per heavy atom. The summed E-state index contributed by atoms with van der Waals surface area (Å²) >= 11 is 0. The van der Waals surface area contributed by atoms with Crippen molar-refractivity contribution in [2.45, 2.75) is 31.7 Å². The third-order valence-corrected chi connectivity index (χ3v) is 3.89. The number of nitrogens with two attached hydrogens (primary N) is 1. The quantitative estimate of drug-likeness (QED) is 0.714. The van der Waals surface area contributed by atoms with Gasteiger partial charge in [0.2, 0.25) is 0 Å². The van der Waals surface area contributed by atoms with Crippen LogP contribution in [0.5, 0.6) is 0 Å². The lowest BCUT2D eigenvalue weighted by molar-refractivity contribution is 0.398. The summed E-state index contributed by atoms with van der Waals surface area (Å²) < 4.78 is 5.50. The highest BCUT2D eigenvalue weighted by molar-refractivity contribution is 5.34. The summed E-state index contributed by atoms with van der Waals surface area (Å²) in [6, 6.07) is 2.01. The molecule has 0 bridgehead atoms. The first-order chi connectivity index (χ1) is 6.24. The highest BCUT2D eigenvalue weighted by Crippen LogP contribution is 2.64. The average Bonchev–Trinajstić information content (AvgIpc) is 2.61. The van der Waals surface area contributed by atoms with Gasteiger partial charge in [-0.2, -0.15) is 0 Å². The van der Waals surface area contributed by atoms with E-state index in [-0.39, 0.29) is 5.54 Å². The Kier molecular flexibility index (Phi) is 1.28. The monoisotopic (exact) mass is 177 g/mol. The van der Waals surface area contributed by atoms with E-state index < -0.39 is 0 Å². The van der Waals surface area contributed by atoms with Crippen molar-refractivity contribution < 1.29 is 4.42 Å². The van der Waals surface area contributed by atoms with Gasteiger partial charge >= 0.3 is 0 Å². The summed E-state index contributed by atoms with van der Waals surface area (Å²) in [5.74, 6) is 2.46. The molecule has 13 heavy (non-hydrogen) atoms. The lowest BCUT2D eigenvalue weighted by Crippen LogP contribution is -2.25. The molecule has 0 aliphatic heterocycles. The first-order valence-electron chi connectivity index (χ1n) is 5.08. The standard InChI is InChI=1S/C11H15NO/c1-7-5-6-13-10(7)11(12)8-3-2-4-9(8)11/h5-6,8-9H,2-4,12H2,1H3. The van der Waals surface area contributed by atoms with Crippen molar-refractivity contribution >= 4 is 0 Å². The van der Waals surface area contributed by atoms with Gasteiger partial charge in [-0.3, -0.25) is 0 Å². The molecule has 2 aliphatic rings. The van der Waals surface area contributed by atoms with Crippen LogP contribution in [-0.4, -0.2) is 0 Å². The summed E-state index contributed by atoms with van der Waals surface area (Å²) in [5, 5.41) is 0. The second-order valence-electron chi connectivity index (χ2n) is 4.51. The van der Waals surface area contributed by atoms with E-state index in [0.717, 1.165) is 5.76 Å². The summed E-state index contributed by atoms with van der Waals surface area (Å²) in [5.41, 5.74) is 7.50. The molecule has 0 aromatic carbocycles. The molecule has 70 valence electrons. The van der Waals surface area contributed by atoms with Gasteiger partial charge in [0.25, 0.3) is 0 Å². The first-order valence-corrected chi connectivity index (χ1v) is 5.08. The second-order valence-corrected chi connectivity index (χ2v) is 4.51. The van der Waals surface area contributed by atoms with Crippen LogP contribution in [0, 0.1) is 18.8 Å². The molecule has 2 unspecified atom stereocenters. The minimum Gasteiger partial charge on any atom is -0.467 e. The van der Waals surface area contributed by atoms with Crippen LogP contribution < -0.4 is 5.73 Å². The number of fused-ring (bicyclic) bond motifs is 1. The van der Waals surface area contributed by atoms with E-state index in [2.05, 4.69) is 6.92 Å². The zero-order valence-electron chi connectivity index (χ0n) is 7.92. The molecule has 0 amide bonds. The molecular weight excluding hydrogens is 162 g/mol. The Labute approximate surface area is 78.1 Å². The van der Waals surface area contributed by atoms with E-state index in [1.54, 1.807) is 6.26 Å². The van der Waals surface area contributed by atoms with Crippen molar-refractivity contribution in [1.82, 2.24) is 0 Å². The zero-order valence-corrected chi connectivity index (χ0v) is 7.92. The van der Waals surface area contributed by atoms with Crippen LogP contribution in [0.3, 0.4) is 0 Å². The number of aryl methyl sites for hydroxylation is 1. The molecule has 1 aromatic rings. The molecule has 2 aliphatic carbocycles. The molecule has 2 atom stereocenters. The van der Waals surface area contributed by atoms with E-state index in [1.807, 2.05) is 6.07 Å². The van der Waals surface area contributed by atoms with Crippen molar-refractivity contribution in [3.05, 3.63) is 23.7 Å². The van der Waals surface area contributed by atoms with Crippen molar-refractivity contribution in [3.8, 4) is 0 Å². The molecule has 1 aromatic heterocycles. The number of hydrogen-bond donors (Lipinski definition) is 1. The molecule has 0 radical (unpaired) electrons. The van der Waals surface area contributed by atoms with Gasteiger partial charge in [-0.15, -0.1) is 0 Å². The van der Waals surface area contributed by atoms with Crippen LogP contribution in [0.4, 0.5) is 0 Å². The number of hydrogen-bond acceptors (Lipinski definition) is 2. The third kappa shape index (κ3) is 0.773. The first kappa shape index (κ1) is 7.63. The SMILES string of the molecule is Cc1ccoc1C1(N)C2CCCC21. The lowest BCUT2D eigenvalue weighted by Gasteiger charge is -2.13. The minimum atomic E-state index is -0.0914. The Morgan fingerprint density at radius 1 is 1.46 bits per heavy atom. The van der Waals surface area contributed by atoms with Crippen LogP contribution >= 0.6 is 0 Å². The van der Waals surface area contributed by atoms with Crippen LogP contribution in [0.1, 0.15) is 30.6 Å². The second kappa shape index (κ2) is 2.18. The predicted octanol–water partition coefficient (Wildman–Crippen LogP) is 2.17. The Bertz CT molecular complexity index is 332. The fourth-order valence-electron chi connectivity index (χ4n) is 3.15. The Balaban J connectivity index is 1.99. The summed E-state index contributed by atoms with van der Waals surface area (Å²) in [7, 11) is 0. The fraction of sp³-hybridized carbons (Fsp3) is 0.636. The molecule has 2 N–H and O–H groups in total. The highest BCUT2D eigenvalue weighted by atomic mass is 16.3. The zero-order chi connectivity index (χ0) is 9.05. The number of furan rings is 1. The lowest BCUT2D eigenvalue weighted by atomic mass is 10.0. The molecule has 2 saturated carbocycles. The van der Waals surface area contributed by atoms with E-state index in [4.69, 9.17) is 10.2 Å². The van der Waals surface area contributed by atoms with Crippen LogP contribution in [0.2, 0.25) is 0 Å². The van der Waals surface area contributed by atoms with Crippen molar-refractivity contribution in [3.63, 3.8) is 0 Å². The largest absolute Gasteiger partial charge is 0.467 e. The summed E-state index contributed by atoms with van der Waals surface area (Å²) in [6.45, 7) is 2.08. The maximum absolute atomic E-state index is 6.37. The average molecular weight is 177 g/mol. The Hall–Kier alpha value is -0.760. The molecule has 2 heteroatoms. The minimum absolute atomic E-state index is 0.0914. The van der Waals surface area contributed by atoms with Gasteiger partial charge in [0, 0.05) is 0 Å². The van der Waals surface area contributed by atoms with E-state index in [1.165, 1.54) is 24.8 Å². The predicted molar refractivity (Wildman–Crippen MR) is 50.1 cm³/mol. The third-order valence-electron chi connectivity index (χ3n) is 3.89. The van der Waals surface area contributed by atoms with Crippen molar-refractivity contribution in [2.24, 2.45) is 17.6 Å². The normalized spacial score (nSPS) is 42.0.